The van der Waals surface area contributed by atoms with Gasteiger partial charge in [-0.25, -0.2) is 14.8 Å². The second-order valence-corrected chi connectivity index (χ2v) is 9.61. The summed E-state index contributed by atoms with van der Waals surface area (Å²) in [6, 6.07) is 17.0. The number of piperazine rings is 1. The van der Waals surface area contributed by atoms with Gasteiger partial charge in [0.15, 0.2) is 5.13 Å². The number of fused-ring (bicyclic) bond motifs is 2. The van der Waals surface area contributed by atoms with Gasteiger partial charge in [0.05, 0.1) is 27.1 Å². The summed E-state index contributed by atoms with van der Waals surface area (Å²) in [5.41, 5.74) is 8.17. The van der Waals surface area contributed by atoms with E-state index in [0.29, 0.717) is 16.3 Å². The second kappa shape index (κ2) is 8.65. The molecule has 2 aromatic carbocycles. The summed E-state index contributed by atoms with van der Waals surface area (Å²) >= 11 is 1.43. The van der Waals surface area contributed by atoms with Crippen LogP contribution in [0.5, 0.6) is 0 Å². The standard InChI is InChI=1S/C26H22N6O3S/c27-18-13-16-20(14-21(18)30-9-11-31(12-10-30)23-7-3-4-8-28-23)32(15-17(24(16)33)25(34)35)26-29-19-5-1-2-6-22(19)36-26/h1-8,13-15H,9-12,27H2,(H,34,35). The maximum absolute atomic E-state index is 13.1. The first-order chi connectivity index (χ1) is 17.5. The molecule has 1 aliphatic heterocycles. The molecule has 4 heterocycles. The molecule has 0 amide bonds. The second-order valence-electron chi connectivity index (χ2n) is 8.60. The number of aromatic carboxylic acids is 1. The maximum atomic E-state index is 13.1. The van der Waals surface area contributed by atoms with E-state index in [4.69, 9.17) is 10.7 Å². The topological polar surface area (TPSA) is 118 Å². The molecular weight excluding hydrogens is 476 g/mol. The Kier molecular flexibility index (Phi) is 5.30. The van der Waals surface area contributed by atoms with Crippen molar-refractivity contribution in [3.8, 4) is 5.13 Å². The quantitative estimate of drug-likeness (QED) is 0.361. The van der Waals surface area contributed by atoms with Crippen molar-refractivity contribution < 1.29 is 9.90 Å². The molecule has 0 unspecified atom stereocenters. The van der Waals surface area contributed by atoms with Gasteiger partial charge in [-0.3, -0.25) is 9.36 Å². The number of carbonyl (C=O) groups is 1. The van der Waals surface area contributed by atoms with Crippen molar-refractivity contribution >= 4 is 55.6 Å². The Hall–Kier alpha value is -4.44. The number of benzene rings is 2. The van der Waals surface area contributed by atoms with Crippen molar-refractivity contribution in [1.82, 2.24) is 14.5 Å². The largest absolute Gasteiger partial charge is 0.477 e. The Morgan fingerprint density at radius 3 is 2.47 bits per heavy atom. The highest BCUT2D eigenvalue weighted by Gasteiger charge is 2.23. The number of para-hydroxylation sites is 1. The fourth-order valence-electron chi connectivity index (χ4n) is 4.64. The third kappa shape index (κ3) is 3.72. The normalized spacial score (nSPS) is 14.0. The lowest BCUT2D eigenvalue weighted by Gasteiger charge is -2.37. The number of aromatic nitrogens is 3. The fourth-order valence-corrected chi connectivity index (χ4v) is 5.60. The molecule has 0 bridgehead atoms. The zero-order chi connectivity index (χ0) is 24.8. The lowest BCUT2D eigenvalue weighted by atomic mass is 10.1. The van der Waals surface area contributed by atoms with Gasteiger partial charge in [0, 0.05) is 44.0 Å². The first kappa shape index (κ1) is 22.1. The Morgan fingerprint density at radius 1 is 1.00 bits per heavy atom. The van der Waals surface area contributed by atoms with Crippen LogP contribution >= 0.6 is 11.3 Å². The van der Waals surface area contributed by atoms with Crippen molar-refractivity contribution in [2.75, 3.05) is 41.7 Å². The minimum absolute atomic E-state index is 0.252. The van der Waals surface area contributed by atoms with Crippen LogP contribution in [-0.2, 0) is 0 Å². The van der Waals surface area contributed by atoms with Crippen LogP contribution in [0.15, 0.2) is 71.8 Å². The van der Waals surface area contributed by atoms with Gasteiger partial charge in [-0.1, -0.05) is 29.5 Å². The number of carboxylic acid groups (broad SMARTS) is 1. The number of anilines is 3. The zero-order valence-electron chi connectivity index (χ0n) is 19.2. The fraction of sp³-hybridized carbons (Fsp3) is 0.154. The molecule has 36 heavy (non-hydrogen) atoms. The number of carboxylic acids is 1. The minimum Gasteiger partial charge on any atom is -0.477 e. The lowest BCUT2D eigenvalue weighted by molar-refractivity contribution is 0.0695. The van der Waals surface area contributed by atoms with Crippen LogP contribution in [-0.4, -0.2) is 51.8 Å². The Balaban J connectivity index is 1.45. The van der Waals surface area contributed by atoms with E-state index < -0.39 is 11.4 Å². The van der Waals surface area contributed by atoms with E-state index in [1.807, 2.05) is 48.5 Å². The highest BCUT2D eigenvalue weighted by atomic mass is 32.1. The number of thiazole rings is 1. The smallest absolute Gasteiger partial charge is 0.341 e. The Bertz CT molecular complexity index is 1640. The van der Waals surface area contributed by atoms with Crippen LogP contribution in [0.1, 0.15) is 10.4 Å². The van der Waals surface area contributed by atoms with Gasteiger partial charge in [0.1, 0.15) is 11.4 Å². The van der Waals surface area contributed by atoms with Gasteiger partial charge in [0.2, 0.25) is 5.43 Å². The van der Waals surface area contributed by atoms with Crippen LogP contribution in [0.3, 0.4) is 0 Å². The molecule has 3 N–H and O–H groups in total. The van der Waals surface area contributed by atoms with Gasteiger partial charge in [-0.15, -0.1) is 0 Å². The van der Waals surface area contributed by atoms with Gasteiger partial charge < -0.3 is 20.6 Å². The maximum Gasteiger partial charge on any atom is 0.341 e. The summed E-state index contributed by atoms with van der Waals surface area (Å²) in [5.74, 6) is -0.348. The van der Waals surface area contributed by atoms with E-state index in [-0.39, 0.29) is 10.9 Å². The summed E-state index contributed by atoms with van der Waals surface area (Å²) in [6.07, 6.45) is 3.15. The predicted octanol–water partition coefficient (Wildman–Crippen LogP) is 3.60. The number of pyridine rings is 2. The number of nitrogen functional groups attached to an aromatic ring is 1. The van der Waals surface area contributed by atoms with Crippen molar-refractivity contribution in [1.29, 1.82) is 0 Å². The predicted molar refractivity (Wildman–Crippen MR) is 143 cm³/mol. The molecule has 0 aliphatic carbocycles. The van der Waals surface area contributed by atoms with Crippen LogP contribution in [0.2, 0.25) is 0 Å². The Morgan fingerprint density at radius 2 is 1.75 bits per heavy atom. The molecule has 1 fully saturated rings. The monoisotopic (exact) mass is 498 g/mol. The zero-order valence-corrected chi connectivity index (χ0v) is 20.0. The van der Waals surface area contributed by atoms with Crippen molar-refractivity contribution in [3.63, 3.8) is 0 Å². The van der Waals surface area contributed by atoms with Crippen LogP contribution in [0.4, 0.5) is 17.2 Å². The van der Waals surface area contributed by atoms with E-state index >= 15 is 0 Å². The summed E-state index contributed by atoms with van der Waals surface area (Å²) in [5, 5.41) is 10.5. The molecule has 0 spiro atoms. The Labute approximate surface area is 209 Å². The van der Waals surface area contributed by atoms with Crippen molar-refractivity contribution in [3.05, 3.63) is 82.8 Å². The number of rotatable bonds is 4. The van der Waals surface area contributed by atoms with Crippen LogP contribution in [0, 0.1) is 0 Å². The van der Waals surface area contributed by atoms with E-state index in [1.165, 1.54) is 17.5 Å². The van der Waals surface area contributed by atoms with E-state index in [1.54, 1.807) is 16.8 Å². The SMILES string of the molecule is Nc1cc2c(=O)c(C(=O)O)cn(-c3nc4ccccc4s3)c2cc1N1CCN(c2ccccn2)CC1. The molecular formula is C26H22N6O3S. The van der Waals surface area contributed by atoms with Crippen molar-refractivity contribution in [2.45, 2.75) is 0 Å². The third-order valence-electron chi connectivity index (χ3n) is 6.46. The van der Waals surface area contributed by atoms with E-state index in [2.05, 4.69) is 14.8 Å². The van der Waals surface area contributed by atoms with Gasteiger partial charge in [0.25, 0.3) is 0 Å². The molecule has 6 rings (SSSR count). The number of hydrogen-bond donors (Lipinski definition) is 2. The minimum atomic E-state index is -1.29. The summed E-state index contributed by atoms with van der Waals surface area (Å²) in [4.78, 5) is 38.5. The highest BCUT2D eigenvalue weighted by molar-refractivity contribution is 7.20. The average Bonchev–Trinajstić information content (AvgIpc) is 3.33. The van der Waals surface area contributed by atoms with Gasteiger partial charge >= 0.3 is 5.97 Å². The first-order valence-electron chi connectivity index (χ1n) is 11.5. The number of nitrogens with zero attached hydrogens (tertiary/aromatic N) is 5. The molecule has 0 radical (unpaired) electrons. The molecule has 1 aliphatic rings. The molecule has 0 atom stereocenters. The van der Waals surface area contributed by atoms with Gasteiger partial charge in [-0.2, -0.15) is 0 Å². The van der Waals surface area contributed by atoms with Crippen LogP contribution < -0.4 is 21.0 Å². The van der Waals surface area contributed by atoms with E-state index in [9.17, 15) is 14.7 Å². The molecule has 1 saturated heterocycles. The molecule has 3 aromatic heterocycles. The molecule has 180 valence electrons. The molecule has 10 heteroatoms. The molecule has 9 nitrogen and oxygen atoms in total. The molecule has 0 saturated carbocycles. The average molecular weight is 499 g/mol. The van der Waals surface area contributed by atoms with Crippen molar-refractivity contribution in [2.24, 2.45) is 0 Å². The van der Waals surface area contributed by atoms with Crippen LogP contribution in [0.25, 0.3) is 26.3 Å². The highest BCUT2D eigenvalue weighted by Crippen LogP contribution is 2.33. The van der Waals surface area contributed by atoms with E-state index in [0.717, 1.165) is 47.9 Å². The third-order valence-corrected chi connectivity index (χ3v) is 7.50. The summed E-state index contributed by atoms with van der Waals surface area (Å²) in [6.45, 7) is 3.00. The number of hydrogen-bond acceptors (Lipinski definition) is 8. The lowest BCUT2D eigenvalue weighted by Crippen LogP contribution is -2.47. The summed E-state index contributed by atoms with van der Waals surface area (Å²) < 4.78 is 2.66. The summed E-state index contributed by atoms with van der Waals surface area (Å²) in [7, 11) is 0. The van der Waals surface area contributed by atoms with Gasteiger partial charge in [-0.05, 0) is 36.4 Å². The number of nitrogens with two attached hydrogens (primary N) is 1. The first-order valence-corrected chi connectivity index (χ1v) is 12.3. The molecule has 5 aromatic rings.